The summed E-state index contributed by atoms with van der Waals surface area (Å²) in [6.45, 7) is 0. The van der Waals surface area contributed by atoms with Gasteiger partial charge in [0.05, 0.1) is 17.4 Å². The second-order valence-electron chi connectivity index (χ2n) is 5.96. The molecule has 0 radical (unpaired) electrons. The summed E-state index contributed by atoms with van der Waals surface area (Å²) in [6, 6.07) is 5.38. The Morgan fingerprint density at radius 1 is 1.33 bits per heavy atom. The number of ether oxygens (including phenoxy) is 1. The van der Waals surface area contributed by atoms with E-state index in [9.17, 15) is 4.79 Å². The minimum atomic E-state index is 0.234. The molecule has 0 spiro atoms. The summed E-state index contributed by atoms with van der Waals surface area (Å²) < 4.78 is 7.59. The third-order valence-electron chi connectivity index (χ3n) is 4.07. The lowest BCUT2D eigenvalue weighted by atomic mass is 10.1. The van der Waals surface area contributed by atoms with Gasteiger partial charge < -0.3 is 9.30 Å². The Balaban J connectivity index is 1.56. The number of carbonyl (C=O) groups is 1. The third kappa shape index (κ3) is 2.97. The molecular weight excluding hydrogens is 328 g/mol. The molecule has 0 bridgehead atoms. The average molecular weight is 343 g/mol. The predicted octanol–water partition coefficient (Wildman–Crippen LogP) is 3.33. The van der Waals surface area contributed by atoms with Gasteiger partial charge in [-0.2, -0.15) is 4.98 Å². The van der Waals surface area contributed by atoms with Crippen molar-refractivity contribution in [1.29, 1.82) is 0 Å². The van der Waals surface area contributed by atoms with Crippen LogP contribution >= 0.6 is 11.6 Å². The number of rotatable bonds is 5. The van der Waals surface area contributed by atoms with Gasteiger partial charge in [-0.3, -0.25) is 9.78 Å². The maximum atomic E-state index is 11.9. The fraction of sp³-hybridized carbons (Fsp3) is 0.294. The zero-order valence-electron chi connectivity index (χ0n) is 13.1. The number of imidazole rings is 1. The van der Waals surface area contributed by atoms with Gasteiger partial charge in [0.25, 0.3) is 0 Å². The fourth-order valence-corrected chi connectivity index (χ4v) is 2.73. The molecule has 7 heteroatoms. The van der Waals surface area contributed by atoms with E-state index in [4.69, 9.17) is 16.3 Å². The molecule has 0 aliphatic heterocycles. The van der Waals surface area contributed by atoms with Crippen molar-refractivity contribution in [2.24, 2.45) is 13.0 Å². The molecule has 24 heavy (non-hydrogen) atoms. The van der Waals surface area contributed by atoms with Gasteiger partial charge in [-0.05, 0) is 30.5 Å². The first-order chi connectivity index (χ1) is 11.6. The van der Waals surface area contributed by atoms with Crippen molar-refractivity contribution in [2.45, 2.75) is 19.3 Å². The van der Waals surface area contributed by atoms with Gasteiger partial charge in [0.15, 0.2) is 5.65 Å². The average Bonchev–Trinajstić information content (AvgIpc) is 3.37. The van der Waals surface area contributed by atoms with Crippen molar-refractivity contribution in [1.82, 2.24) is 19.5 Å². The van der Waals surface area contributed by atoms with E-state index in [0.29, 0.717) is 28.9 Å². The molecule has 4 rings (SSSR count). The smallest absolute Gasteiger partial charge is 0.205 e. The van der Waals surface area contributed by atoms with Crippen LogP contribution in [0.2, 0.25) is 5.28 Å². The van der Waals surface area contributed by atoms with Gasteiger partial charge in [-0.25, -0.2) is 4.98 Å². The summed E-state index contributed by atoms with van der Waals surface area (Å²) in [4.78, 5) is 24.6. The van der Waals surface area contributed by atoms with Gasteiger partial charge in [-0.15, -0.1) is 0 Å². The maximum Gasteiger partial charge on any atom is 0.205 e. The van der Waals surface area contributed by atoms with Crippen LogP contribution in [0.3, 0.4) is 0 Å². The molecule has 1 aliphatic carbocycles. The van der Waals surface area contributed by atoms with Crippen molar-refractivity contribution in [3.8, 4) is 11.5 Å². The van der Waals surface area contributed by atoms with Crippen LogP contribution < -0.4 is 4.74 Å². The van der Waals surface area contributed by atoms with Crippen LogP contribution in [0.5, 0.6) is 11.5 Å². The maximum absolute atomic E-state index is 11.9. The number of aromatic nitrogens is 4. The first-order valence-electron chi connectivity index (χ1n) is 7.73. The van der Waals surface area contributed by atoms with E-state index in [0.717, 1.165) is 24.1 Å². The molecule has 3 aromatic heterocycles. The van der Waals surface area contributed by atoms with E-state index in [1.807, 2.05) is 13.1 Å². The van der Waals surface area contributed by atoms with Crippen LogP contribution in [-0.2, 0) is 18.3 Å². The molecule has 6 nitrogen and oxygen atoms in total. The zero-order valence-corrected chi connectivity index (χ0v) is 13.8. The van der Waals surface area contributed by atoms with Crippen molar-refractivity contribution in [2.75, 3.05) is 0 Å². The summed E-state index contributed by atoms with van der Waals surface area (Å²) in [5, 5.41) is 0.374. The minimum absolute atomic E-state index is 0.234. The van der Waals surface area contributed by atoms with Crippen LogP contribution in [0.4, 0.5) is 0 Å². The first-order valence-corrected chi connectivity index (χ1v) is 8.11. The number of halogens is 1. The van der Waals surface area contributed by atoms with Gasteiger partial charge in [-0.1, -0.05) is 0 Å². The third-order valence-corrected chi connectivity index (χ3v) is 4.41. The zero-order chi connectivity index (χ0) is 16.7. The molecule has 0 amide bonds. The van der Waals surface area contributed by atoms with Crippen LogP contribution in [0.15, 0.2) is 30.6 Å². The van der Waals surface area contributed by atoms with E-state index in [1.54, 1.807) is 29.1 Å². The van der Waals surface area contributed by atoms with Crippen LogP contribution in [0.25, 0.3) is 11.2 Å². The highest BCUT2D eigenvalue weighted by Gasteiger charge is 2.29. The summed E-state index contributed by atoms with van der Waals surface area (Å²) in [5.74, 6) is 1.69. The highest BCUT2D eigenvalue weighted by Crippen LogP contribution is 2.31. The normalized spacial score (nSPS) is 14.1. The second kappa shape index (κ2) is 5.87. The van der Waals surface area contributed by atoms with Crippen LogP contribution in [-0.4, -0.2) is 25.3 Å². The number of ketones is 1. The SMILES string of the molecule is Cn1c(Cl)nc2ncc(Oc3ccnc(CC(=O)C4CC4)c3)cc21. The molecule has 0 N–H and O–H groups in total. The number of hydrogen-bond acceptors (Lipinski definition) is 5. The minimum Gasteiger partial charge on any atom is -0.456 e. The second-order valence-corrected chi connectivity index (χ2v) is 6.29. The Labute approximate surface area is 143 Å². The molecule has 3 heterocycles. The Morgan fingerprint density at radius 3 is 2.96 bits per heavy atom. The van der Waals surface area contributed by atoms with Crippen LogP contribution in [0, 0.1) is 5.92 Å². The van der Waals surface area contributed by atoms with Gasteiger partial charge in [0, 0.05) is 37.7 Å². The molecule has 0 unspecified atom stereocenters. The van der Waals surface area contributed by atoms with E-state index >= 15 is 0 Å². The topological polar surface area (TPSA) is 69.9 Å². The van der Waals surface area contributed by atoms with Gasteiger partial charge in [0.1, 0.15) is 17.3 Å². The monoisotopic (exact) mass is 342 g/mol. The summed E-state index contributed by atoms with van der Waals surface area (Å²) in [5.41, 5.74) is 2.08. The van der Waals surface area contributed by atoms with Gasteiger partial charge >= 0.3 is 0 Å². The number of carbonyl (C=O) groups excluding carboxylic acids is 1. The summed E-state index contributed by atoms with van der Waals surface area (Å²) >= 11 is 6.00. The largest absolute Gasteiger partial charge is 0.456 e. The fourth-order valence-electron chi connectivity index (χ4n) is 2.56. The highest BCUT2D eigenvalue weighted by atomic mass is 35.5. The highest BCUT2D eigenvalue weighted by molar-refractivity contribution is 6.29. The molecule has 122 valence electrons. The lowest BCUT2D eigenvalue weighted by Crippen LogP contribution is -2.06. The molecule has 0 aromatic carbocycles. The Hall–Kier alpha value is -2.47. The molecule has 0 atom stereocenters. The standard InChI is InChI=1S/C17H15ClN4O2/c1-22-14-8-13(9-20-16(14)21-17(22)18)24-12-4-5-19-11(6-12)7-15(23)10-2-3-10/h4-6,8-10H,2-3,7H2,1H3. The molecule has 1 saturated carbocycles. The predicted molar refractivity (Wildman–Crippen MR) is 89.3 cm³/mol. The Kier molecular flexibility index (Phi) is 3.69. The number of Topliss-reactive ketones (excluding diaryl/α,β-unsaturated/α-hetero) is 1. The number of fused-ring (bicyclic) bond motifs is 1. The quantitative estimate of drug-likeness (QED) is 0.711. The molecule has 1 aliphatic rings. The molecular formula is C17H15ClN4O2. The molecule has 0 saturated heterocycles. The summed E-state index contributed by atoms with van der Waals surface area (Å²) in [6.07, 6.45) is 5.62. The molecule has 3 aromatic rings. The summed E-state index contributed by atoms with van der Waals surface area (Å²) in [7, 11) is 1.82. The van der Waals surface area contributed by atoms with E-state index < -0.39 is 0 Å². The van der Waals surface area contributed by atoms with Crippen molar-refractivity contribution < 1.29 is 9.53 Å². The number of pyridine rings is 2. The van der Waals surface area contributed by atoms with Crippen LogP contribution in [0.1, 0.15) is 18.5 Å². The van der Waals surface area contributed by atoms with Crippen molar-refractivity contribution in [3.05, 3.63) is 41.6 Å². The Bertz CT molecular complexity index is 933. The van der Waals surface area contributed by atoms with Crippen molar-refractivity contribution >= 4 is 28.5 Å². The Morgan fingerprint density at radius 2 is 2.17 bits per heavy atom. The lowest BCUT2D eigenvalue weighted by molar-refractivity contribution is -0.119. The first kappa shape index (κ1) is 15.1. The number of nitrogens with zero attached hydrogens (tertiary/aromatic N) is 4. The lowest BCUT2D eigenvalue weighted by Gasteiger charge is -2.07. The number of aryl methyl sites for hydroxylation is 1. The van der Waals surface area contributed by atoms with Crippen molar-refractivity contribution in [3.63, 3.8) is 0 Å². The van der Waals surface area contributed by atoms with Gasteiger partial charge in [0.2, 0.25) is 5.28 Å². The van der Waals surface area contributed by atoms with E-state index in [2.05, 4.69) is 15.0 Å². The molecule has 1 fully saturated rings. The van der Waals surface area contributed by atoms with E-state index in [-0.39, 0.29) is 11.7 Å². The number of hydrogen-bond donors (Lipinski definition) is 0. The van der Waals surface area contributed by atoms with E-state index in [1.165, 1.54) is 0 Å².